The van der Waals surface area contributed by atoms with Crippen LogP contribution in [0.5, 0.6) is 0 Å². The summed E-state index contributed by atoms with van der Waals surface area (Å²) in [7, 11) is 0. The van der Waals surface area contributed by atoms with Crippen molar-refractivity contribution in [1.82, 2.24) is 10.2 Å². The van der Waals surface area contributed by atoms with Crippen molar-refractivity contribution in [3.8, 4) is 0 Å². The summed E-state index contributed by atoms with van der Waals surface area (Å²) in [6, 6.07) is 8.36. The van der Waals surface area contributed by atoms with Crippen LogP contribution in [0.15, 0.2) is 30.0 Å². The molecular weight excluding hydrogens is 224 g/mol. The van der Waals surface area contributed by atoms with Crippen LogP contribution >= 0.6 is 0 Å². The van der Waals surface area contributed by atoms with E-state index < -0.39 is 0 Å². The second-order valence-electron chi connectivity index (χ2n) is 5.38. The summed E-state index contributed by atoms with van der Waals surface area (Å²) >= 11 is 0. The molecule has 4 N–H and O–H groups in total. The van der Waals surface area contributed by atoms with Crippen LogP contribution in [0.2, 0.25) is 0 Å². The lowest BCUT2D eigenvalue weighted by Gasteiger charge is -2.29. The van der Waals surface area contributed by atoms with Gasteiger partial charge >= 0.3 is 0 Å². The van der Waals surface area contributed by atoms with E-state index in [0.29, 0.717) is 5.92 Å². The molecule has 0 bridgehead atoms. The molecule has 4 heteroatoms. The third-order valence-electron chi connectivity index (χ3n) is 3.42. The zero-order valence-electron chi connectivity index (χ0n) is 10.9. The highest BCUT2D eigenvalue weighted by Crippen LogP contribution is 2.36. The highest BCUT2D eigenvalue weighted by molar-refractivity contribution is 5.82. The molecule has 0 aromatic heterocycles. The van der Waals surface area contributed by atoms with Crippen molar-refractivity contribution in [2.24, 2.45) is 11.7 Å². The van der Waals surface area contributed by atoms with Gasteiger partial charge in [-0.15, -0.1) is 0 Å². The van der Waals surface area contributed by atoms with E-state index in [-0.39, 0.29) is 6.17 Å². The molecule has 4 nitrogen and oxygen atoms in total. The lowest BCUT2D eigenvalue weighted by Crippen LogP contribution is -2.38. The maximum absolute atomic E-state index is 6.17. The van der Waals surface area contributed by atoms with Gasteiger partial charge < -0.3 is 21.3 Å². The van der Waals surface area contributed by atoms with E-state index in [4.69, 9.17) is 5.73 Å². The van der Waals surface area contributed by atoms with E-state index in [0.717, 1.165) is 24.6 Å². The van der Waals surface area contributed by atoms with Gasteiger partial charge in [0, 0.05) is 17.8 Å². The molecule has 1 atom stereocenters. The number of nitrogens with zero attached hydrogens (tertiary/aromatic N) is 1. The Morgan fingerprint density at radius 3 is 2.94 bits per heavy atom. The molecule has 3 rings (SSSR count). The molecule has 1 aromatic carbocycles. The van der Waals surface area contributed by atoms with E-state index in [1.165, 1.54) is 11.3 Å². The molecular formula is C14H20N4. The van der Waals surface area contributed by atoms with Gasteiger partial charge in [0.2, 0.25) is 0 Å². The monoisotopic (exact) mass is 244 g/mol. The first-order chi connectivity index (χ1) is 8.66. The van der Waals surface area contributed by atoms with Gasteiger partial charge in [-0.2, -0.15) is 0 Å². The second-order valence-corrected chi connectivity index (χ2v) is 5.38. The molecule has 0 fully saturated rings. The van der Waals surface area contributed by atoms with Gasteiger partial charge in [-0.25, -0.2) is 0 Å². The highest BCUT2D eigenvalue weighted by atomic mass is 15.3. The van der Waals surface area contributed by atoms with Crippen molar-refractivity contribution >= 4 is 11.4 Å². The Balaban J connectivity index is 2.04. The molecule has 18 heavy (non-hydrogen) atoms. The normalized spacial score (nSPS) is 21.6. The minimum atomic E-state index is -0.132. The molecule has 2 aliphatic rings. The fraction of sp³-hybridized carbons (Fsp3) is 0.429. The third-order valence-corrected chi connectivity index (χ3v) is 3.42. The maximum Gasteiger partial charge on any atom is 0.118 e. The van der Waals surface area contributed by atoms with E-state index in [1.807, 2.05) is 6.07 Å². The van der Waals surface area contributed by atoms with Gasteiger partial charge in [-0.05, 0) is 12.0 Å². The number of benzene rings is 1. The first-order valence-corrected chi connectivity index (χ1v) is 6.51. The molecule has 1 aromatic rings. The van der Waals surface area contributed by atoms with Crippen LogP contribution in [0.3, 0.4) is 0 Å². The summed E-state index contributed by atoms with van der Waals surface area (Å²) in [5.74, 6) is 0.636. The predicted molar refractivity (Wildman–Crippen MR) is 74.5 cm³/mol. The lowest BCUT2D eigenvalue weighted by atomic mass is 10.0. The molecule has 0 amide bonds. The molecule has 0 saturated carbocycles. The predicted octanol–water partition coefficient (Wildman–Crippen LogP) is 1.58. The maximum atomic E-state index is 6.17. The lowest BCUT2D eigenvalue weighted by molar-refractivity contribution is 0.357. The average molecular weight is 244 g/mol. The van der Waals surface area contributed by atoms with Gasteiger partial charge in [0.05, 0.1) is 18.1 Å². The number of nitrogens with two attached hydrogens (primary N) is 1. The van der Waals surface area contributed by atoms with Crippen molar-refractivity contribution in [2.45, 2.75) is 20.0 Å². The van der Waals surface area contributed by atoms with Crippen molar-refractivity contribution in [1.29, 1.82) is 0 Å². The van der Waals surface area contributed by atoms with Gasteiger partial charge in [0.15, 0.2) is 0 Å². The Morgan fingerprint density at radius 2 is 2.17 bits per heavy atom. The smallest absolute Gasteiger partial charge is 0.118 e. The van der Waals surface area contributed by atoms with Gasteiger partial charge in [-0.1, -0.05) is 32.0 Å². The standard InChI is InChI=1S/C14H20N4/c1-9(2)7-18-8-16-12-13(18)10-5-3-4-6-11(10)17-14(12)15/h3-6,9,14,16-17H,7-8,15H2,1-2H3. The fourth-order valence-electron chi connectivity index (χ4n) is 2.74. The summed E-state index contributed by atoms with van der Waals surface area (Å²) in [6.07, 6.45) is -0.132. The van der Waals surface area contributed by atoms with Crippen LogP contribution < -0.4 is 16.4 Å². The number of anilines is 1. The zero-order chi connectivity index (χ0) is 12.7. The molecule has 1 unspecified atom stereocenters. The van der Waals surface area contributed by atoms with Crippen molar-refractivity contribution in [3.05, 3.63) is 35.5 Å². The molecule has 0 spiro atoms. The van der Waals surface area contributed by atoms with Crippen LogP contribution in [0.25, 0.3) is 5.70 Å². The minimum absolute atomic E-state index is 0.132. The summed E-state index contributed by atoms with van der Waals surface area (Å²) in [6.45, 7) is 6.39. The summed E-state index contributed by atoms with van der Waals surface area (Å²) in [4.78, 5) is 2.39. The number of rotatable bonds is 2. The van der Waals surface area contributed by atoms with Crippen LogP contribution in [0.1, 0.15) is 19.4 Å². The molecule has 0 aliphatic carbocycles. The van der Waals surface area contributed by atoms with Gasteiger partial charge in [0.25, 0.3) is 0 Å². The summed E-state index contributed by atoms with van der Waals surface area (Å²) < 4.78 is 0. The van der Waals surface area contributed by atoms with Crippen LogP contribution in [-0.4, -0.2) is 24.3 Å². The van der Waals surface area contributed by atoms with Crippen molar-refractivity contribution in [2.75, 3.05) is 18.5 Å². The highest BCUT2D eigenvalue weighted by Gasteiger charge is 2.32. The Bertz CT molecular complexity index is 492. The zero-order valence-corrected chi connectivity index (χ0v) is 10.9. The van der Waals surface area contributed by atoms with E-state index in [9.17, 15) is 0 Å². The number of para-hydroxylation sites is 1. The SMILES string of the molecule is CC(C)CN1CNC2=C1c1ccccc1NC2N. The Kier molecular flexibility index (Phi) is 2.67. The average Bonchev–Trinajstić information content (AvgIpc) is 2.73. The minimum Gasteiger partial charge on any atom is -0.367 e. The number of nitrogens with one attached hydrogen (secondary N) is 2. The number of hydrogen-bond acceptors (Lipinski definition) is 4. The Hall–Kier alpha value is -1.68. The molecule has 2 aliphatic heterocycles. The Labute approximate surface area is 108 Å². The molecule has 0 saturated heterocycles. The second kappa shape index (κ2) is 4.21. The first kappa shape index (κ1) is 11.4. The number of fused-ring (bicyclic) bond motifs is 2. The summed E-state index contributed by atoms with van der Waals surface area (Å²) in [5, 5.41) is 6.76. The van der Waals surface area contributed by atoms with E-state index in [2.05, 4.69) is 47.6 Å². The van der Waals surface area contributed by atoms with Crippen LogP contribution in [-0.2, 0) is 0 Å². The fourth-order valence-corrected chi connectivity index (χ4v) is 2.74. The third kappa shape index (κ3) is 1.73. The van der Waals surface area contributed by atoms with Gasteiger partial charge in [-0.3, -0.25) is 0 Å². The topological polar surface area (TPSA) is 53.3 Å². The molecule has 96 valence electrons. The largest absolute Gasteiger partial charge is 0.367 e. The quantitative estimate of drug-likeness (QED) is 0.739. The van der Waals surface area contributed by atoms with Crippen molar-refractivity contribution < 1.29 is 0 Å². The van der Waals surface area contributed by atoms with Crippen molar-refractivity contribution in [3.63, 3.8) is 0 Å². The van der Waals surface area contributed by atoms with E-state index in [1.54, 1.807) is 0 Å². The molecule has 2 heterocycles. The van der Waals surface area contributed by atoms with Crippen LogP contribution in [0.4, 0.5) is 5.69 Å². The van der Waals surface area contributed by atoms with E-state index >= 15 is 0 Å². The van der Waals surface area contributed by atoms with Crippen LogP contribution in [0, 0.1) is 5.92 Å². The summed E-state index contributed by atoms with van der Waals surface area (Å²) in [5.41, 5.74) is 10.9. The first-order valence-electron chi connectivity index (χ1n) is 6.51. The number of hydrogen-bond donors (Lipinski definition) is 3. The van der Waals surface area contributed by atoms with Gasteiger partial charge in [0.1, 0.15) is 6.17 Å². The molecule has 0 radical (unpaired) electrons. The Morgan fingerprint density at radius 1 is 1.39 bits per heavy atom.